The van der Waals surface area contributed by atoms with Gasteiger partial charge in [0.25, 0.3) is 0 Å². The average molecular weight is 512 g/mol. The fourth-order valence-electron chi connectivity index (χ4n) is 4.23. The Morgan fingerprint density at radius 2 is 1.79 bits per heavy atom. The van der Waals surface area contributed by atoms with Crippen LogP contribution in [-0.2, 0) is 4.79 Å². The molecule has 1 amide bonds. The molecule has 3 aromatic rings. The smallest absolute Gasteiger partial charge is 0.236 e. The van der Waals surface area contributed by atoms with Crippen LogP contribution in [0.25, 0.3) is 10.9 Å². The number of carbonyl (C=O) groups is 1. The summed E-state index contributed by atoms with van der Waals surface area (Å²) in [6.45, 7) is 1.83. The number of rotatable bonds is 8. The first-order valence-corrected chi connectivity index (χ1v) is 12.1. The maximum atomic E-state index is 13.2. The number of ether oxygens (including phenoxy) is 3. The molecule has 0 radical (unpaired) electrons. The summed E-state index contributed by atoms with van der Waals surface area (Å²) in [4.78, 5) is 22.1. The van der Waals surface area contributed by atoms with E-state index in [0.29, 0.717) is 58.5 Å². The first-order chi connectivity index (χ1) is 18.4. The van der Waals surface area contributed by atoms with Crippen molar-refractivity contribution in [3.05, 3.63) is 96.0 Å². The van der Waals surface area contributed by atoms with Crippen LogP contribution in [0.15, 0.2) is 95.1 Å². The zero-order valence-electron chi connectivity index (χ0n) is 21.2. The number of aromatic nitrogens is 1. The summed E-state index contributed by atoms with van der Waals surface area (Å²) in [7, 11) is 3.15. The van der Waals surface area contributed by atoms with Crippen LogP contribution in [-0.4, -0.2) is 30.8 Å². The summed E-state index contributed by atoms with van der Waals surface area (Å²) in [6.07, 6.45) is 10.0. The van der Waals surface area contributed by atoms with Crippen molar-refractivity contribution in [2.45, 2.75) is 19.8 Å². The number of benzene rings is 2. The topological polar surface area (TPSA) is 82.0 Å². The van der Waals surface area contributed by atoms with Gasteiger partial charge in [-0.1, -0.05) is 5.73 Å². The van der Waals surface area contributed by atoms with Gasteiger partial charge in [0.1, 0.15) is 17.3 Å². The van der Waals surface area contributed by atoms with Gasteiger partial charge in [0.2, 0.25) is 5.91 Å². The zero-order valence-corrected chi connectivity index (χ0v) is 21.2. The highest BCUT2D eigenvalue weighted by molar-refractivity contribution is 6.11. The number of methoxy groups -OCH3 is 2. The van der Waals surface area contributed by atoms with E-state index in [1.807, 2.05) is 13.0 Å². The Labute approximate surface area is 219 Å². The highest BCUT2D eigenvalue weighted by Crippen LogP contribution is 2.48. The number of hydrogen-bond donors (Lipinski definition) is 1. The molecule has 1 aromatic heterocycles. The molecule has 0 atom stereocenters. The largest absolute Gasteiger partial charge is 0.493 e. The van der Waals surface area contributed by atoms with E-state index in [4.69, 9.17) is 14.2 Å². The minimum Gasteiger partial charge on any atom is -0.493 e. The quantitative estimate of drug-likeness (QED) is 0.299. The molecular formula is C30H26FN3O4. The molecular weight excluding hydrogens is 485 g/mol. The predicted molar refractivity (Wildman–Crippen MR) is 143 cm³/mol. The molecule has 192 valence electrons. The highest BCUT2D eigenvalue weighted by atomic mass is 19.1. The van der Waals surface area contributed by atoms with Crippen LogP contribution >= 0.6 is 0 Å². The average Bonchev–Trinajstić information content (AvgIpc) is 3.76. The van der Waals surface area contributed by atoms with E-state index in [0.717, 1.165) is 5.39 Å². The van der Waals surface area contributed by atoms with Crippen LogP contribution in [0, 0.1) is 11.2 Å². The van der Waals surface area contributed by atoms with Crippen molar-refractivity contribution in [3.8, 4) is 17.2 Å². The third-order valence-electron chi connectivity index (χ3n) is 6.58. The SMILES string of the molecule is COc1cc2nccc(OC3=CC=C=C(NC(=O)C4(C(C)=Nc5ccc(F)cc5)CC4)C=C3)c2cc1OC. The van der Waals surface area contributed by atoms with Crippen molar-refractivity contribution in [3.63, 3.8) is 0 Å². The Morgan fingerprint density at radius 1 is 1.05 bits per heavy atom. The Hall–Kier alpha value is -4.68. The van der Waals surface area contributed by atoms with E-state index < -0.39 is 5.41 Å². The normalized spacial score (nSPS) is 15.8. The van der Waals surface area contributed by atoms with Gasteiger partial charge in [0.15, 0.2) is 11.5 Å². The first-order valence-electron chi connectivity index (χ1n) is 12.1. The lowest BCUT2D eigenvalue weighted by molar-refractivity contribution is -0.123. The first kappa shape index (κ1) is 25.0. The third-order valence-corrected chi connectivity index (χ3v) is 6.58. The van der Waals surface area contributed by atoms with Crippen LogP contribution in [0.5, 0.6) is 17.2 Å². The lowest BCUT2D eigenvalue weighted by Gasteiger charge is -2.15. The number of fused-ring (bicyclic) bond motifs is 1. The molecule has 1 N–H and O–H groups in total. The summed E-state index contributed by atoms with van der Waals surface area (Å²) in [6, 6.07) is 11.3. The second-order valence-electron chi connectivity index (χ2n) is 8.97. The third kappa shape index (κ3) is 5.08. The number of allylic oxidation sites excluding steroid dienone is 3. The lowest BCUT2D eigenvalue weighted by atomic mass is 10.00. The van der Waals surface area contributed by atoms with E-state index in [2.05, 4.69) is 21.0 Å². The van der Waals surface area contributed by atoms with Crippen molar-refractivity contribution in [2.24, 2.45) is 10.4 Å². The van der Waals surface area contributed by atoms with Crippen LogP contribution in [0.3, 0.4) is 0 Å². The molecule has 8 heteroatoms. The van der Waals surface area contributed by atoms with Crippen LogP contribution in [0.4, 0.5) is 10.1 Å². The number of amides is 1. The van der Waals surface area contributed by atoms with Gasteiger partial charge in [0.05, 0.1) is 36.5 Å². The minimum atomic E-state index is -0.675. The van der Waals surface area contributed by atoms with E-state index in [-0.39, 0.29) is 11.7 Å². The van der Waals surface area contributed by atoms with Crippen molar-refractivity contribution >= 4 is 28.2 Å². The Kier molecular flexibility index (Phi) is 6.81. The molecule has 38 heavy (non-hydrogen) atoms. The van der Waals surface area contributed by atoms with Crippen molar-refractivity contribution in [2.75, 3.05) is 14.2 Å². The lowest BCUT2D eigenvalue weighted by Crippen LogP contribution is -2.35. The number of halogens is 1. The van der Waals surface area contributed by atoms with E-state index in [9.17, 15) is 9.18 Å². The van der Waals surface area contributed by atoms with Crippen LogP contribution in [0.1, 0.15) is 19.8 Å². The van der Waals surface area contributed by atoms with E-state index in [1.54, 1.807) is 69.0 Å². The molecule has 1 saturated carbocycles. The number of nitrogens with one attached hydrogen (secondary N) is 1. The molecule has 2 aromatic carbocycles. The summed E-state index contributed by atoms with van der Waals surface area (Å²) in [5, 5.41) is 3.72. The Balaban J connectivity index is 1.29. The van der Waals surface area contributed by atoms with Gasteiger partial charge in [-0.15, -0.1) is 0 Å². The fourth-order valence-corrected chi connectivity index (χ4v) is 4.23. The van der Waals surface area contributed by atoms with Gasteiger partial charge in [-0.3, -0.25) is 14.8 Å². The van der Waals surface area contributed by atoms with Crippen LogP contribution in [0.2, 0.25) is 0 Å². The van der Waals surface area contributed by atoms with Gasteiger partial charge in [-0.2, -0.15) is 0 Å². The molecule has 0 unspecified atom stereocenters. The molecule has 0 saturated heterocycles. The standard InChI is InChI=1S/C30H26FN3O4/c1-19(33-22-9-7-20(31)8-10-22)30(14-15-30)29(35)34-21-5-4-6-23(12-11-21)38-26-13-16-32-25-18-28(37-3)27(36-2)17-24(25)26/h4,6-13,16-18H,14-15H2,1-3H3,(H,34,35). The fraction of sp³-hybridized carbons (Fsp3) is 0.200. The zero-order chi connectivity index (χ0) is 26.7. The van der Waals surface area contributed by atoms with Gasteiger partial charge < -0.3 is 19.5 Å². The number of nitrogens with zero attached hydrogens (tertiary/aromatic N) is 2. The molecule has 0 aliphatic heterocycles. The molecule has 1 fully saturated rings. The monoisotopic (exact) mass is 511 g/mol. The van der Waals surface area contributed by atoms with Gasteiger partial charge >= 0.3 is 0 Å². The summed E-state index contributed by atoms with van der Waals surface area (Å²) in [5.74, 6) is 1.83. The van der Waals surface area contributed by atoms with Crippen LogP contribution < -0.4 is 19.5 Å². The Morgan fingerprint density at radius 3 is 2.50 bits per heavy atom. The van der Waals surface area contributed by atoms with E-state index >= 15 is 0 Å². The maximum absolute atomic E-state index is 13.2. The molecule has 0 spiro atoms. The number of pyridine rings is 1. The van der Waals surface area contributed by atoms with Gasteiger partial charge in [-0.05, 0) is 80.5 Å². The van der Waals surface area contributed by atoms with Crippen molar-refractivity contribution in [1.29, 1.82) is 0 Å². The molecule has 2 aliphatic carbocycles. The molecule has 2 aliphatic rings. The van der Waals surface area contributed by atoms with E-state index in [1.165, 1.54) is 12.1 Å². The van der Waals surface area contributed by atoms with Crippen molar-refractivity contribution < 1.29 is 23.4 Å². The second-order valence-corrected chi connectivity index (χ2v) is 8.97. The maximum Gasteiger partial charge on any atom is 0.236 e. The molecule has 0 bridgehead atoms. The van der Waals surface area contributed by atoms with Gasteiger partial charge in [0, 0.05) is 23.4 Å². The summed E-state index contributed by atoms with van der Waals surface area (Å²) >= 11 is 0. The number of carbonyl (C=O) groups excluding carboxylic acids is 1. The van der Waals surface area contributed by atoms with Crippen molar-refractivity contribution in [1.82, 2.24) is 10.3 Å². The second kappa shape index (κ2) is 10.4. The highest BCUT2D eigenvalue weighted by Gasteiger charge is 2.52. The summed E-state index contributed by atoms with van der Waals surface area (Å²) < 4.78 is 30.2. The summed E-state index contributed by atoms with van der Waals surface area (Å²) in [5.41, 5.74) is 4.93. The molecule has 1 heterocycles. The van der Waals surface area contributed by atoms with Gasteiger partial charge in [-0.25, -0.2) is 4.39 Å². The molecule has 5 rings (SSSR count). The number of aliphatic imine (C=N–C) groups is 1. The minimum absolute atomic E-state index is 0.146. The number of hydrogen-bond acceptors (Lipinski definition) is 6. The Bertz CT molecular complexity index is 1560. The predicted octanol–water partition coefficient (Wildman–Crippen LogP) is 5.95. The molecule has 7 nitrogen and oxygen atoms in total.